The minimum atomic E-state index is 0.145. The lowest BCUT2D eigenvalue weighted by Gasteiger charge is -2.39. The topological polar surface area (TPSA) is 64.1 Å². The first-order chi connectivity index (χ1) is 13.5. The Morgan fingerprint density at radius 2 is 2.00 bits per heavy atom. The molecule has 0 radical (unpaired) electrons. The van der Waals surface area contributed by atoms with Crippen molar-refractivity contribution >= 4 is 5.96 Å². The van der Waals surface area contributed by atoms with Crippen LogP contribution in [0.25, 0.3) is 0 Å². The van der Waals surface area contributed by atoms with E-state index in [0.29, 0.717) is 12.7 Å². The van der Waals surface area contributed by atoms with E-state index in [4.69, 9.17) is 19.2 Å². The van der Waals surface area contributed by atoms with Gasteiger partial charge in [0.25, 0.3) is 0 Å². The van der Waals surface area contributed by atoms with E-state index < -0.39 is 0 Å². The molecule has 0 saturated carbocycles. The summed E-state index contributed by atoms with van der Waals surface area (Å²) in [6.07, 6.45) is 3.47. The molecule has 2 heterocycles. The van der Waals surface area contributed by atoms with E-state index in [9.17, 15) is 0 Å². The Labute approximate surface area is 169 Å². The highest BCUT2D eigenvalue weighted by Gasteiger charge is 2.35. The summed E-state index contributed by atoms with van der Waals surface area (Å²) >= 11 is 0. The smallest absolute Gasteiger partial charge is 0.231 e. The van der Waals surface area contributed by atoms with E-state index in [-0.39, 0.29) is 11.5 Å². The third kappa shape index (κ3) is 5.53. The molecule has 1 fully saturated rings. The van der Waals surface area contributed by atoms with Crippen LogP contribution >= 0.6 is 0 Å². The number of aliphatic imine (C=N–C) groups is 1. The molecule has 28 heavy (non-hydrogen) atoms. The van der Waals surface area contributed by atoms with Crippen molar-refractivity contribution in [2.75, 3.05) is 33.0 Å². The largest absolute Gasteiger partial charge is 0.454 e. The number of benzene rings is 1. The van der Waals surface area contributed by atoms with Gasteiger partial charge in [0, 0.05) is 32.2 Å². The van der Waals surface area contributed by atoms with Crippen molar-refractivity contribution in [2.24, 2.45) is 16.3 Å². The lowest BCUT2D eigenvalue weighted by Crippen LogP contribution is -2.43. The van der Waals surface area contributed by atoms with Crippen LogP contribution in [0, 0.1) is 11.3 Å². The van der Waals surface area contributed by atoms with Crippen LogP contribution in [0.15, 0.2) is 23.2 Å². The Morgan fingerprint density at radius 3 is 2.79 bits per heavy atom. The highest BCUT2D eigenvalue weighted by atomic mass is 16.7. The third-order valence-corrected chi connectivity index (χ3v) is 5.27. The zero-order valence-electron chi connectivity index (χ0n) is 17.7. The predicted molar refractivity (Wildman–Crippen MR) is 112 cm³/mol. The van der Waals surface area contributed by atoms with Gasteiger partial charge in [-0.05, 0) is 49.3 Å². The van der Waals surface area contributed by atoms with Crippen LogP contribution in [-0.4, -0.2) is 45.1 Å². The molecule has 6 nitrogen and oxygen atoms in total. The van der Waals surface area contributed by atoms with Crippen LogP contribution in [0.3, 0.4) is 0 Å². The first kappa shape index (κ1) is 20.8. The molecule has 0 aliphatic carbocycles. The molecule has 1 aromatic carbocycles. The van der Waals surface area contributed by atoms with E-state index in [0.717, 1.165) is 56.5 Å². The normalized spacial score (nSPS) is 22.2. The molecule has 0 bridgehead atoms. The van der Waals surface area contributed by atoms with Crippen molar-refractivity contribution in [1.82, 2.24) is 10.6 Å². The molecule has 2 aliphatic rings. The Morgan fingerprint density at radius 1 is 1.18 bits per heavy atom. The number of nitrogens with one attached hydrogen (secondary N) is 2. The van der Waals surface area contributed by atoms with E-state index in [1.54, 1.807) is 0 Å². The fourth-order valence-corrected chi connectivity index (χ4v) is 3.96. The second kappa shape index (κ2) is 9.50. The number of guanidine groups is 1. The minimum absolute atomic E-state index is 0.145. The summed E-state index contributed by atoms with van der Waals surface area (Å²) in [7, 11) is 0. The van der Waals surface area contributed by atoms with Gasteiger partial charge in [0.05, 0.1) is 6.10 Å². The molecular weight excluding hydrogens is 354 g/mol. The third-order valence-electron chi connectivity index (χ3n) is 5.27. The van der Waals surface area contributed by atoms with E-state index in [1.165, 1.54) is 12.0 Å². The van der Waals surface area contributed by atoms with E-state index >= 15 is 0 Å². The van der Waals surface area contributed by atoms with Gasteiger partial charge in [-0.25, -0.2) is 0 Å². The van der Waals surface area contributed by atoms with Crippen LogP contribution < -0.4 is 20.1 Å². The highest BCUT2D eigenvalue weighted by molar-refractivity contribution is 5.79. The Bertz CT molecular complexity index is 669. The van der Waals surface area contributed by atoms with Crippen LogP contribution in [0.1, 0.15) is 46.1 Å². The first-order valence-corrected chi connectivity index (χ1v) is 10.5. The van der Waals surface area contributed by atoms with Crippen molar-refractivity contribution in [3.63, 3.8) is 0 Å². The van der Waals surface area contributed by atoms with Crippen molar-refractivity contribution in [3.05, 3.63) is 23.8 Å². The maximum Gasteiger partial charge on any atom is 0.231 e. The van der Waals surface area contributed by atoms with E-state index in [1.807, 2.05) is 6.07 Å². The molecule has 3 rings (SSSR count). The fraction of sp³-hybridized carbons (Fsp3) is 0.682. The number of fused-ring (bicyclic) bond motifs is 1. The molecule has 2 aliphatic heterocycles. The molecule has 0 spiro atoms. The van der Waals surface area contributed by atoms with Crippen molar-refractivity contribution in [3.8, 4) is 11.5 Å². The summed E-state index contributed by atoms with van der Waals surface area (Å²) in [5.74, 6) is 3.01. The summed E-state index contributed by atoms with van der Waals surface area (Å²) in [5, 5.41) is 6.81. The molecule has 156 valence electrons. The summed E-state index contributed by atoms with van der Waals surface area (Å²) in [5.41, 5.74) is 1.37. The zero-order valence-corrected chi connectivity index (χ0v) is 17.7. The molecule has 1 saturated heterocycles. The number of nitrogens with zero attached hydrogens (tertiary/aromatic N) is 1. The monoisotopic (exact) mass is 389 g/mol. The van der Waals surface area contributed by atoms with Gasteiger partial charge >= 0.3 is 0 Å². The maximum atomic E-state index is 6.09. The minimum Gasteiger partial charge on any atom is -0.454 e. The summed E-state index contributed by atoms with van der Waals surface area (Å²) in [4.78, 5) is 4.86. The predicted octanol–water partition coefficient (Wildman–Crippen LogP) is 3.35. The SMILES string of the molecule is CCNC(=NCC1CCCOC1C(C)(C)C)NCCc1ccc2c(c1)OCO2. The van der Waals surface area contributed by atoms with Crippen molar-refractivity contribution < 1.29 is 14.2 Å². The average Bonchev–Trinajstić information content (AvgIpc) is 3.13. The van der Waals surface area contributed by atoms with Gasteiger partial charge in [-0.2, -0.15) is 0 Å². The number of rotatable bonds is 6. The molecule has 2 unspecified atom stereocenters. The molecule has 0 aromatic heterocycles. The van der Waals surface area contributed by atoms with Gasteiger partial charge in [0.2, 0.25) is 6.79 Å². The average molecular weight is 390 g/mol. The molecule has 2 N–H and O–H groups in total. The van der Waals surface area contributed by atoms with Crippen molar-refractivity contribution in [2.45, 2.75) is 53.1 Å². The second-order valence-electron chi connectivity index (χ2n) is 8.64. The lowest BCUT2D eigenvalue weighted by atomic mass is 9.78. The second-order valence-corrected chi connectivity index (χ2v) is 8.64. The number of hydrogen-bond donors (Lipinski definition) is 2. The van der Waals surface area contributed by atoms with Gasteiger partial charge < -0.3 is 24.8 Å². The van der Waals surface area contributed by atoms with Gasteiger partial charge in [0.1, 0.15) is 0 Å². The Balaban J connectivity index is 1.53. The quantitative estimate of drug-likeness (QED) is 0.577. The first-order valence-electron chi connectivity index (χ1n) is 10.5. The molecule has 6 heteroatoms. The highest BCUT2D eigenvalue weighted by Crippen LogP contribution is 2.34. The van der Waals surface area contributed by atoms with Crippen LogP contribution in [0.2, 0.25) is 0 Å². The lowest BCUT2D eigenvalue weighted by molar-refractivity contribution is -0.0823. The van der Waals surface area contributed by atoms with Crippen LogP contribution in [0.4, 0.5) is 0 Å². The molecule has 0 amide bonds. The van der Waals surface area contributed by atoms with Gasteiger partial charge in [-0.3, -0.25) is 4.99 Å². The molecule has 2 atom stereocenters. The molecular formula is C22H35N3O3. The Hall–Kier alpha value is -1.95. The van der Waals surface area contributed by atoms with Gasteiger partial charge in [-0.1, -0.05) is 26.8 Å². The van der Waals surface area contributed by atoms with Gasteiger partial charge in [-0.15, -0.1) is 0 Å². The molecule has 1 aromatic rings. The summed E-state index contributed by atoms with van der Waals surface area (Å²) < 4.78 is 16.9. The number of hydrogen-bond acceptors (Lipinski definition) is 4. The number of ether oxygens (including phenoxy) is 3. The van der Waals surface area contributed by atoms with Gasteiger partial charge in [0.15, 0.2) is 17.5 Å². The van der Waals surface area contributed by atoms with E-state index in [2.05, 4.69) is 50.5 Å². The van der Waals surface area contributed by atoms with Crippen LogP contribution in [-0.2, 0) is 11.2 Å². The fourth-order valence-electron chi connectivity index (χ4n) is 3.96. The Kier molecular flexibility index (Phi) is 7.05. The standard InChI is InChI=1S/C22H35N3O3/c1-5-23-21(25-14-17-7-6-12-26-20(17)22(2,3)4)24-11-10-16-8-9-18-19(13-16)28-15-27-18/h8-9,13,17,20H,5-7,10-12,14-15H2,1-4H3,(H2,23,24,25). The summed E-state index contributed by atoms with van der Waals surface area (Å²) in [6, 6.07) is 6.13. The summed E-state index contributed by atoms with van der Waals surface area (Å²) in [6.45, 7) is 12.5. The zero-order chi connectivity index (χ0) is 20.0. The maximum absolute atomic E-state index is 6.09. The van der Waals surface area contributed by atoms with Crippen LogP contribution in [0.5, 0.6) is 11.5 Å². The van der Waals surface area contributed by atoms with Crippen molar-refractivity contribution in [1.29, 1.82) is 0 Å².